The molecule has 0 unspecified atom stereocenters. The van der Waals surface area contributed by atoms with Crippen LogP contribution in [0.5, 0.6) is 0 Å². The van der Waals surface area contributed by atoms with Crippen molar-refractivity contribution in [2.75, 3.05) is 5.32 Å². The summed E-state index contributed by atoms with van der Waals surface area (Å²) in [4.78, 5) is 12.4. The molecule has 0 fully saturated rings. The molecule has 0 aliphatic heterocycles. The maximum atomic E-state index is 12.4. The first-order valence-corrected chi connectivity index (χ1v) is 9.66. The van der Waals surface area contributed by atoms with Crippen LogP contribution in [0.4, 0.5) is 5.13 Å². The van der Waals surface area contributed by atoms with Gasteiger partial charge < -0.3 is 0 Å². The summed E-state index contributed by atoms with van der Waals surface area (Å²) in [7, 11) is 0. The monoisotopic (exact) mass is 423 g/mol. The van der Waals surface area contributed by atoms with E-state index in [0.29, 0.717) is 17.1 Å². The van der Waals surface area contributed by atoms with Gasteiger partial charge in [0.05, 0.1) is 5.56 Å². The highest BCUT2D eigenvalue weighted by Crippen LogP contribution is 2.25. The van der Waals surface area contributed by atoms with Crippen molar-refractivity contribution in [3.8, 4) is 0 Å². The van der Waals surface area contributed by atoms with E-state index in [1.54, 1.807) is 6.07 Å². The standard InChI is InChI=1S/C20H14BrN3OS/c21-17-11-4-3-10-16(17)19(25)22-20-24-23-18(26-20)12-14-8-5-7-13-6-1-2-9-15(13)14/h1-11H,12H2,(H,22,24,25). The van der Waals surface area contributed by atoms with Crippen molar-refractivity contribution >= 4 is 49.1 Å². The van der Waals surface area contributed by atoms with Gasteiger partial charge in [-0.15, -0.1) is 10.2 Å². The number of nitrogens with zero attached hydrogens (tertiary/aromatic N) is 2. The highest BCUT2D eigenvalue weighted by atomic mass is 79.9. The van der Waals surface area contributed by atoms with E-state index < -0.39 is 0 Å². The summed E-state index contributed by atoms with van der Waals surface area (Å²) in [5.74, 6) is -0.203. The minimum Gasteiger partial charge on any atom is -0.296 e. The van der Waals surface area contributed by atoms with Crippen molar-refractivity contribution in [2.45, 2.75) is 6.42 Å². The van der Waals surface area contributed by atoms with Gasteiger partial charge in [-0.25, -0.2) is 0 Å². The molecule has 0 aliphatic rings. The molecule has 26 heavy (non-hydrogen) atoms. The van der Waals surface area contributed by atoms with Crippen LogP contribution in [0.3, 0.4) is 0 Å². The second kappa shape index (κ2) is 7.35. The van der Waals surface area contributed by atoms with Crippen LogP contribution in [0.1, 0.15) is 20.9 Å². The van der Waals surface area contributed by atoms with Gasteiger partial charge in [-0.05, 0) is 44.4 Å². The Morgan fingerprint density at radius 1 is 0.962 bits per heavy atom. The number of nitrogens with one attached hydrogen (secondary N) is 1. The number of benzene rings is 3. The van der Waals surface area contributed by atoms with Gasteiger partial charge in [-0.3, -0.25) is 10.1 Å². The number of rotatable bonds is 4. The molecular formula is C20H14BrN3OS. The first kappa shape index (κ1) is 16.9. The first-order chi connectivity index (χ1) is 12.7. The predicted octanol–water partition coefficient (Wildman–Crippen LogP) is 5.30. The zero-order valence-electron chi connectivity index (χ0n) is 13.6. The zero-order chi connectivity index (χ0) is 17.9. The van der Waals surface area contributed by atoms with Gasteiger partial charge in [0.2, 0.25) is 5.13 Å². The highest BCUT2D eigenvalue weighted by molar-refractivity contribution is 9.10. The van der Waals surface area contributed by atoms with E-state index in [1.807, 2.05) is 36.4 Å². The summed E-state index contributed by atoms with van der Waals surface area (Å²) in [6, 6.07) is 21.8. The molecule has 0 saturated carbocycles. The van der Waals surface area contributed by atoms with Gasteiger partial charge in [-0.2, -0.15) is 0 Å². The van der Waals surface area contributed by atoms with Crippen molar-refractivity contribution in [2.24, 2.45) is 0 Å². The fraction of sp³-hybridized carbons (Fsp3) is 0.0500. The number of fused-ring (bicyclic) bond motifs is 1. The van der Waals surface area contributed by atoms with Crippen molar-refractivity contribution in [3.63, 3.8) is 0 Å². The average Bonchev–Trinajstić information content (AvgIpc) is 3.09. The number of halogens is 1. The molecule has 0 saturated heterocycles. The summed E-state index contributed by atoms with van der Waals surface area (Å²) in [6.07, 6.45) is 0.684. The van der Waals surface area contributed by atoms with E-state index in [4.69, 9.17) is 0 Å². The Morgan fingerprint density at radius 3 is 2.62 bits per heavy atom. The molecule has 1 aromatic heterocycles. The smallest absolute Gasteiger partial charge is 0.258 e. The predicted molar refractivity (Wildman–Crippen MR) is 109 cm³/mol. The van der Waals surface area contributed by atoms with Crippen LogP contribution >= 0.6 is 27.3 Å². The Morgan fingerprint density at radius 2 is 1.73 bits per heavy atom. The van der Waals surface area contributed by atoms with Crippen LogP contribution in [0.2, 0.25) is 0 Å². The van der Waals surface area contributed by atoms with Crippen LogP contribution in [-0.4, -0.2) is 16.1 Å². The van der Waals surface area contributed by atoms with Crippen LogP contribution in [0.15, 0.2) is 71.2 Å². The molecule has 4 rings (SSSR count). The number of carbonyl (C=O) groups excluding carboxylic acids is 1. The third-order valence-corrected chi connectivity index (χ3v) is 5.56. The lowest BCUT2D eigenvalue weighted by Gasteiger charge is -2.04. The van der Waals surface area contributed by atoms with Crippen molar-refractivity contribution in [1.82, 2.24) is 10.2 Å². The first-order valence-electron chi connectivity index (χ1n) is 8.05. The van der Waals surface area contributed by atoms with Crippen LogP contribution in [0.25, 0.3) is 10.8 Å². The van der Waals surface area contributed by atoms with E-state index in [0.717, 1.165) is 9.48 Å². The second-order valence-corrected chi connectivity index (χ2v) is 7.67. The van der Waals surface area contributed by atoms with E-state index in [9.17, 15) is 4.79 Å². The quantitative estimate of drug-likeness (QED) is 0.484. The Hall–Kier alpha value is -2.57. The lowest BCUT2D eigenvalue weighted by atomic mass is 10.0. The van der Waals surface area contributed by atoms with Gasteiger partial charge >= 0.3 is 0 Å². The van der Waals surface area contributed by atoms with Gasteiger partial charge in [0.15, 0.2) is 0 Å². The third kappa shape index (κ3) is 3.52. The van der Waals surface area contributed by atoms with Crippen molar-refractivity contribution in [1.29, 1.82) is 0 Å². The average molecular weight is 424 g/mol. The number of anilines is 1. The minimum absolute atomic E-state index is 0.203. The van der Waals surface area contributed by atoms with Crippen LogP contribution in [0, 0.1) is 0 Å². The van der Waals surface area contributed by atoms with Crippen LogP contribution in [-0.2, 0) is 6.42 Å². The second-order valence-electron chi connectivity index (χ2n) is 5.75. The number of aromatic nitrogens is 2. The summed E-state index contributed by atoms with van der Waals surface area (Å²) < 4.78 is 0.748. The third-order valence-electron chi connectivity index (χ3n) is 4.03. The van der Waals surface area contributed by atoms with E-state index >= 15 is 0 Å². The molecule has 4 aromatic rings. The molecule has 1 N–H and O–H groups in total. The molecule has 0 aliphatic carbocycles. The lowest BCUT2D eigenvalue weighted by Crippen LogP contribution is -2.12. The summed E-state index contributed by atoms with van der Waals surface area (Å²) in [5.41, 5.74) is 1.77. The SMILES string of the molecule is O=C(Nc1nnc(Cc2cccc3ccccc23)s1)c1ccccc1Br. The Labute approximate surface area is 163 Å². The molecule has 128 valence electrons. The molecule has 1 heterocycles. The maximum absolute atomic E-state index is 12.4. The normalized spacial score (nSPS) is 10.8. The number of hydrogen-bond acceptors (Lipinski definition) is 4. The highest BCUT2D eigenvalue weighted by Gasteiger charge is 2.13. The van der Waals surface area contributed by atoms with Crippen molar-refractivity contribution < 1.29 is 4.79 Å². The van der Waals surface area contributed by atoms with E-state index in [-0.39, 0.29) is 5.91 Å². The van der Waals surface area contributed by atoms with Gasteiger partial charge in [-0.1, -0.05) is 65.9 Å². The van der Waals surface area contributed by atoms with Gasteiger partial charge in [0, 0.05) is 10.9 Å². The molecule has 0 spiro atoms. The molecule has 0 radical (unpaired) electrons. The Kier molecular flexibility index (Phi) is 4.77. The molecule has 3 aromatic carbocycles. The molecule has 0 bridgehead atoms. The molecule has 1 amide bonds. The molecule has 6 heteroatoms. The number of hydrogen-bond donors (Lipinski definition) is 1. The number of amides is 1. The zero-order valence-corrected chi connectivity index (χ0v) is 16.0. The molecule has 0 atom stereocenters. The fourth-order valence-electron chi connectivity index (χ4n) is 2.79. The lowest BCUT2D eigenvalue weighted by molar-refractivity contribution is 0.102. The van der Waals surface area contributed by atoms with Gasteiger partial charge in [0.1, 0.15) is 5.01 Å². The topological polar surface area (TPSA) is 54.9 Å². The summed E-state index contributed by atoms with van der Waals surface area (Å²) >= 11 is 4.78. The Bertz CT molecular complexity index is 1090. The summed E-state index contributed by atoms with van der Waals surface area (Å²) in [5, 5.41) is 14.9. The largest absolute Gasteiger partial charge is 0.296 e. The van der Waals surface area contributed by atoms with Crippen LogP contribution < -0.4 is 5.32 Å². The molecule has 4 nitrogen and oxygen atoms in total. The Balaban J connectivity index is 1.53. The maximum Gasteiger partial charge on any atom is 0.258 e. The summed E-state index contributed by atoms with van der Waals surface area (Å²) in [6.45, 7) is 0. The molecular weight excluding hydrogens is 410 g/mol. The van der Waals surface area contributed by atoms with Crippen molar-refractivity contribution in [3.05, 3.63) is 87.3 Å². The number of carbonyl (C=O) groups is 1. The van der Waals surface area contributed by atoms with E-state index in [1.165, 1.54) is 27.7 Å². The van der Waals surface area contributed by atoms with Gasteiger partial charge in [0.25, 0.3) is 5.91 Å². The fourth-order valence-corrected chi connectivity index (χ4v) is 4.02. The minimum atomic E-state index is -0.203. The van der Waals surface area contributed by atoms with E-state index in [2.05, 4.69) is 55.7 Å².